The minimum Gasteiger partial charge on any atom is -0.484 e. The van der Waals surface area contributed by atoms with Crippen LogP contribution in [0, 0.1) is 0 Å². The fraction of sp³-hybridized carbons (Fsp3) is 0.182. The number of rotatable bonds is 5. The summed E-state index contributed by atoms with van der Waals surface area (Å²) in [5.74, 6) is -0.0168. The van der Waals surface area contributed by atoms with Crippen LogP contribution in [0.15, 0.2) is 41.6 Å². The van der Waals surface area contributed by atoms with Crippen molar-refractivity contribution in [1.29, 1.82) is 0 Å². The number of alkyl halides is 3. The SMILES string of the molecule is O=S(=O)(Nc1ccc(OCC(F)(F)F)cc1)c1ccn[nH]1. The van der Waals surface area contributed by atoms with Crippen LogP contribution in [0.4, 0.5) is 18.9 Å². The molecule has 0 aliphatic heterocycles. The number of anilines is 1. The van der Waals surface area contributed by atoms with Crippen molar-refractivity contribution in [3.8, 4) is 5.75 Å². The van der Waals surface area contributed by atoms with E-state index in [-0.39, 0.29) is 16.5 Å². The Balaban J connectivity index is 2.03. The van der Waals surface area contributed by atoms with E-state index in [4.69, 9.17) is 0 Å². The van der Waals surface area contributed by atoms with Gasteiger partial charge >= 0.3 is 6.18 Å². The minimum absolute atomic E-state index is 0.0168. The Bertz CT molecular complexity index is 682. The first-order valence-electron chi connectivity index (χ1n) is 5.58. The third-order valence-corrected chi connectivity index (χ3v) is 3.58. The number of hydrogen-bond donors (Lipinski definition) is 2. The molecule has 0 spiro atoms. The Morgan fingerprint density at radius 3 is 2.38 bits per heavy atom. The van der Waals surface area contributed by atoms with E-state index in [2.05, 4.69) is 19.7 Å². The molecule has 2 rings (SSSR count). The number of aromatic amines is 1. The quantitative estimate of drug-likeness (QED) is 0.884. The molecule has 1 aromatic carbocycles. The highest BCUT2D eigenvalue weighted by Crippen LogP contribution is 2.21. The number of nitrogens with zero attached hydrogens (tertiary/aromatic N) is 1. The molecule has 0 bridgehead atoms. The fourth-order valence-electron chi connectivity index (χ4n) is 1.39. The lowest BCUT2D eigenvalue weighted by molar-refractivity contribution is -0.153. The van der Waals surface area contributed by atoms with Gasteiger partial charge < -0.3 is 4.74 Å². The second-order valence-corrected chi connectivity index (χ2v) is 5.61. The number of H-pyrrole nitrogens is 1. The molecule has 0 saturated heterocycles. The first-order chi connectivity index (χ1) is 9.76. The van der Waals surface area contributed by atoms with Crippen molar-refractivity contribution in [3.05, 3.63) is 36.5 Å². The Labute approximate surface area is 118 Å². The van der Waals surface area contributed by atoms with Crippen LogP contribution >= 0.6 is 0 Å². The van der Waals surface area contributed by atoms with Gasteiger partial charge in [-0.2, -0.15) is 26.7 Å². The van der Waals surface area contributed by atoms with Crippen LogP contribution in [-0.2, 0) is 10.0 Å². The topological polar surface area (TPSA) is 84.1 Å². The lowest BCUT2D eigenvalue weighted by atomic mass is 10.3. The molecule has 0 saturated carbocycles. The zero-order valence-corrected chi connectivity index (χ0v) is 11.2. The third-order valence-electron chi connectivity index (χ3n) is 2.27. The summed E-state index contributed by atoms with van der Waals surface area (Å²) in [5, 5.41) is 5.69. The van der Waals surface area contributed by atoms with Crippen LogP contribution < -0.4 is 9.46 Å². The molecule has 114 valence electrons. The van der Waals surface area contributed by atoms with E-state index in [0.29, 0.717) is 0 Å². The van der Waals surface area contributed by atoms with Gasteiger partial charge in [0.15, 0.2) is 11.6 Å². The Morgan fingerprint density at radius 2 is 1.86 bits per heavy atom. The molecule has 0 fully saturated rings. The number of benzene rings is 1. The van der Waals surface area contributed by atoms with E-state index in [1.165, 1.54) is 36.5 Å². The molecule has 0 unspecified atom stereocenters. The van der Waals surface area contributed by atoms with Crippen molar-refractivity contribution >= 4 is 15.7 Å². The Kier molecular flexibility index (Phi) is 4.07. The number of hydrogen-bond acceptors (Lipinski definition) is 4. The standard InChI is InChI=1S/C11H10F3N3O3S/c12-11(13,14)7-20-9-3-1-8(2-4-9)17-21(18,19)10-5-6-15-16-10/h1-6,17H,7H2,(H,15,16). The van der Waals surface area contributed by atoms with Crippen molar-refractivity contribution in [3.63, 3.8) is 0 Å². The van der Waals surface area contributed by atoms with Gasteiger partial charge in [0.1, 0.15) is 5.75 Å². The normalized spacial score (nSPS) is 12.1. The fourth-order valence-corrected chi connectivity index (χ4v) is 2.36. The third kappa shape index (κ3) is 4.38. The van der Waals surface area contributed by atoms with E-state index in [1.54, 1.807) is 0 Å². The molecule has 0 atom stereocenters. The number of nitrogens with one attached hydrogen (secondary N) is 2. The van der Waals surface area contributed by atoms with Crippen LogP contribution in [0.3, 0.4) is 0 Å². The maximum absolute atomic E-state index is 12.0. The highest BCUT2D eigenvalue weighted by Gasteiger charge is 2.28. The Hall–Kier alpha value is -2.23. The molecular weight excluding hydrogens is 311 g/mol. The highest BCUT2D eigenvalue weighted by atomic mass is 32.2. The van der Waals surface area contributed by atoms with Gasteiger partial charge in [0, 0.05) is 5.69 Å². The van der Waals surface area contributed by atoms with E-state index in [9.17, 15) is 21.6 Å². The molecule has 2 N–H and O–H groups in total. The van der Waals surface area contributed by atoms with Crippen molar-refractivity contribution < 1.29 is 26.3 Å². The van der Waals surface area contributed by atoms with E-state index >= 15 is 0 Å². The molecule has 0 aliphatic carbocycles. The van der Waals surface area contributed by atoms with E-state index in [1.807, 2.05) is 0 Å². The monoisotopic (exact) mass is 321 g/mol. The van der Waals surface area contributed by atoms with Gasteiger partial charge in [-0.1, -0.05) is 0 Å². The second kappa shape index (κ2) is 5.64. The van der Waals surface area contributed by atoms with Crippen molar-refractivity contribution in [1.82, 2.24) is 10.2 Å². The molecule has 0 amide bonds. The first-order valence-corrected chi connectivity index (χ1v) is 7.06. The molecular formula is C11H10F3N3O3S. The summed E-state index contributed by atoms with van der Waals surface area (Å²) >= 11 is 0. The smallest absolute Gasteiger partial charge is 0.422 e. The molecule has 1 heterocycles. The van der Waals surface area contributed by atoms with Gasteiger partial charge in [-0.05, 0) is 30.3 Å². The minimum atomic E-state index is -4.43. The van der Waals surface area contributed by atoms with Crippen LogP contribution in [0.2, 0.25) is 0 Å². The second-order valence-electron chi connectivity index (χ2n) is 3.95. The summed E-state index contributed by atoms with van der Waals surface area (Å²) in [4.78, 5) is 0. The zero-order chi connectivity index (χ0) is 15.5. The summed E-state index contributed by atoms with van der Waals surface area (Å²) in [5.41, 5.74) is 0.184. The lowest BCUT2D eigenvalue weighted by Gasteiger charge is -2.10. The van der Waals surface area contributed by atoms with Crippen LogP contribution in [-0.4, -0.2) is 31.4 Å². The molecule has 21 heavy (non-hydrogen) atoms. The molecule has 2 aromatic rings. The molecule has 6 nitrogen and oxygen atoms in total. The number of ether oxygens (including phenoxy) is 1. The van der Waals surface area contributed by atoms with Gasteiger partial charge in [0.2, 0.25) is 0 Å². The van der Waals surface area contributed by atoms with Crippen LogP contribution in [0.25, 0.3) is 0 Å². The number of aromatic nitrogens is 2. The van der Waals surface area contributed by atoms with Crippen LogP contribution in [0.5, 0.6) is 5.75 Å². The molecule has 0 radical (unpaired) electrons. The molecule has 1 aromatic heterocycles. The largest absolute Gasteiger partial charge is 0.484 e. The highest BCUT2D eigenvalue weighted by molar-refractivity contribution is 7.92. The van der Waals surface area contributed by atoms with Gasteiger partial charge in [0.25, 0.3) is 10.0 Å². The average molecular weight is 321 g/mol. The lowest BCUT2D eigenvalue weighted by Crippen LogP contribution is -2.19. The number of halogens is 3. The maximum atomic E-state index is 12.0. The maximum Gasteiger partial charge on any atom is 0.422 e. The average Bonchev–Trinajstić information content (AvgIpc) is 2.91. The molecule has 10 heteroatoms. The Morgan fingerprint density at radius 1 is 1.19 bits per heavy atom. The van der Waals surface area contributed by atoms with Crippen molar-refractivity contribution in [2.24, 2.45) is 0 Å². The van der Waals surface area contributed by atoms with Crippen LogP contribution in [0.1, 0.15) is 0 Å². The van der Waals surface area contributed by atoms with E-state index < -0.39 is 22.8 Å². The zero-order valence-electron chi connectivity index (χ0n) is 10.4. The van der Waals surface area contributed by atoms with E-state index in [0.717, 1.165) is 0 Å². The first kappa shape index (κ1) is 15.2. The van der Waals surface area contributed by atoms with Gasteiger partial charge in [0.05, 0.1) is 6.20 Å². The summed E-state index contributed by atoms with van der Waals surface area (Å²) < 4.78 is 66.4. The van der Waals surface area contributed by atoms with Gasteiger partial charge in [-0.3, -0.25) is 9.82 Å². The van der Waals surface area contributed by atoms with Gasteiger partial charge in [-0.15, -0.1) is 0 Å². The van der Waals surface area contributed by atoms with Crippen molar-refractivity contribution in [2.45, 2.75) is 11.2 Å². The van der Waals surface area contributed by atoms with Crippen molar-refractivity contribution in [2.75, 3.05) is 11.3 Å². The predicted octanol–water partition coefficient (Wildman–Crippen LogP) is 2.15. The predicted molar refractivity (Wildman–Crippen MR) is 67.4 cm³/mol. The summed E-state index contributed by atoms with van der Waals surface area (Å²) in [6, 6.07) is 6.31. The summed E-state index contributed by atoms with van der Waals surface area (Å²) in [6.07, 6.45) is -3.15. The number of sulfonamides is 1. The molecule has 0 aliphatic rings. The summed E-state index contributed by atoms with van der Waals surface area (Å²) in [6.45, 7) is -1.41. The van der Waals surface area contributed by atoms with Gasteiger partial charge in [-0.25, -0.2) is 0 Å². The summed E-state index contributed by atoms with van der Waals surface area (Å²) in [7, 11) is -3.81.